The smallest absolute Gasteiger partial charge is 0.323 e. The lowest BCUT2D eigenvalue weighted by molar-refractivity contribution is 0.255. The number of carbonyl (C=O) groups is 1. The van der Waals surface area contributed by atoms with Gasteiger partial charge in [0.2, 0.25) is 0 Å². The molecule has 0 unspecified atom stereocenters. The highest BCUT2D eigenvalue weighted by molar-refractivity contribution is 6.03. The molecule has 2 aromatic rings. The molecule has 0 spiro atoms. The number of urea groups is 1. The van der Waals surface area contributed by atoms with E-state index in [4.69, 9.17) is 0 Å². The molecule has 0 radical (unpaired) electrons. The van der Waals surface area contributed by atoms with E-state index in [1.54, 1.807) is 30.5 Å². The van der Waals surface area contributed by atoms with Gasteiger partial charge in [0.1, 0.15) is 5.75 Å². The van der Waals surface area contributed by atoms with E-state index in [1.165, 1.54) is 0 Å². The summed E-state index contributed by atoms with van der Waals surface area (Å²) < 4.78 is 0. The number of rotatable bonds is 2. The Morgan fingerprint density at radius 2 is 1.76 bits per heavy atom. The first-order valence-electron chi connectivity index (χ1n) is 6.83. The van der Waals surface area contributed by atoms with Gasteiger partial charge < -0.3 is 15.7 Å². The molecule has 0 aromatic heterocycles. The van der Waals surface area contributed by atoms with Gasteiger partial charge >= 0.3 is 6.03 Å². The summed E-state index contributed by atoms with van der Waals surface area (Å²) in [6.45, 7) is 6.16. The van der Waals surface area contributed by atoms with Crippen LogP contribution in [0.5, 0.6) is 5.75 Å². The van der Waals surface area contributed by atoms with E-state index in [-0.39, 0.29) is 17.2 Å². The number of hydrogen-bond acceptors (Lipinski definition) is 2. The number of allylic oxidation sites excluding steroid dienone is 1. The van der Waals surface area contributed by atoms with Gasteiger partial charge in [-0.1, -0.05) is 51.1 Å². The number of amides is 2. The molecular weight excluding hydrogens is 264 g/mol. The molecule has 0 saturated heterocycles. The van der Waals surface area contributed by atoms with Crippen LogP contribution in [0.15, 0.2) is 48.7 Å². The van der Waals surface area contributed by atoms with Gasteiger partial charge in [0.25, 0.3) is 0 Å². The molecule has 4 nitrogen and oxygen atoms in total. The highest BCUT2D eigenvalue weighted by Crippen LogP contribution is 2.29. The zero-order valence-electron chi connectivity index (χ0n) is 12.5. The lowest BCUT2D eigenvalue weighted by Crippen LogP contribution is -2.24. The summed E-state index contributed by atoms with van der Waals surface area (Å²) in [4.78, 5) is 11.9. The maximum atomic E-state index is 11.9. The molecule has 0 aliphatic rings. The standard InChI is InChI=1S/C17H20N2O2/c1-17(2,3)10-11-18-16(21)19-14-8-4-7-13-12(14)6-5-9-15(13)20/h4-11,20H,1-3H3,(H2,18,19,21)/b11-10+. The highest BCUT2D eigenvalue weighted by atomic mass is 16.3. The van der Waals surface area contributed by atoms with E-state index in [2.05, 4.69) is 31.4 Å². The van der Waals surface area contributed by atoms with Gasteiger partial charge in [-0.2, -0.15) is 0 Å². The number of nitrogens with one attached hydrogen (secondary N) is 2. The molecule has 0 saturated carbocycles. The first kappa shape index (κ1) is 14.9. The number of benzene rings is 2. The van der Waals surface area contributed by atoms with Crippen LogP contribution in [-0.2, 0) is 0 Å². The van der Waals surface area contributed by atoms with Crippen LogP contribution in [0.4, 0.5) is 10.5 Å². The topological polar surface area (TPSA) is 61.4 Å². The number of hydrogen-bond donors (Lipinski definition) is 3. The van der Waals surface area contributed by atoms with E-state index in [9.17, 15) is 9.90 Å². The molecular formula is C17H20N2O2. The van der Waals surface area contributed by atoms with E-state index < -0.39 is 0 Å². The van der Waals surface area contributed by atoms with Crippen LogP contribution in [-0.4, -0.2) is 11.1 Å². The molecule has 4 heteroatoms. The monoisotopic (exact) mass is 284 g/mol. The Hall–Kier alpha value is -2.49. The third-order valence-corrected chi connectivity index (χ3v) is 2.95. The zero-order valence-corrected chi connectivity index (χ0v) is 12.5. The summed E-state index contributed by atoms with van der Waals surface area (Å²) in [5, 5.41) is 16.8. The van der Waals surface area contributed by atoms with Crippen LogP contribution >= 0.6 is 0 Å². The third-order valence-electron chi connectivity index (χ3n) is 2.95. The third kappa shape index (κ3) is 3.99. The number of anilines is 1. The zero-order chi connectivity index (χ0) is 15.5. The normalized spacial score (nSPS) is 11.8. The summed E-state index contributed by atoms with van der Waals surface area (Å²) >= 11 is 0. The second-order valence-corrected chi connectivity index (χ2v) is 5.98. The van der Waals surface area contributed by atoms with Crippen LogP contribution in [0, 0.1) is 5.41 Å². The predicted molar refractivity (Wildman–Crippen MR) is 86.4 cm³/mol. The van der Waals surface area contributed by atoms with Gasteiger partial charge in [0.15, 0.2) is 0 Å². The molecule has 0 fully saturated rings. The Bertz CT molecular complexity index is 685. The molecule has 0 atom stereocenters. The molecule has 0 bridgehead atoms. The van der Waals surface area contributed by atoms with Crippen LogP contribution in [0.1, 0.15) is 20.8 Å². The molecule has 0 aliphatic carbocycles. The van der Waals surface area contributed by atoms with Crippen molar-refractivity contribution < 1.29 is 9.90 Å². The number of phenolic OH excluding ortho intramolecular Hbond substituents is 1. The van der Waals surface area contributed by atoms with Gasteiger partial charge in [0, 0.05) is 17.0 Å². The van der Waals surface area contributed by atoms with E-state index in [1.807, 2.05) is 18.2 Å². The number of fused-ring (bicyclic) bond motifs is 1. The van der Waals surface area contributed by atoms with Crippen molar-refractivity contribution in [2.45, 2.75) is 20.8 Å². The minimum absolute atomic E-state index is 0.0124. The maximum Gasteiger partial charge on any atom is 0.323 e. The first-order valence-corrected chi connectivity index (χ1v) is 6.83. The van der Waals surface area contributed by atoms with Crippen molar-refractivity contribution in [3.63, 3.8) is 0 Å². The Morgan fingerprint density at radius 1 is 1.10 bits per heavy atom. The van der Waals surface area contributed by atoms with Crippen molar-refractivity contribution in [3.05, 3.63) is 48.7 Å². The van der Waals surface area contributed by atoms with Gasteiger partial charge in [-0.05, 0) is 17.5 Å². The molecule has 2 amide bonds. The number of aromatic hydroxyl groups is 1. The Balaban J connectivity index is 2.15. The van der Waals surface area contributed by atoms with Crippen LogP contribution in [0.2, 0.25) is 0 Å². The summed E-state index contributed by atoms with van der Waals surface area (Å²) in [6, 6.07) is 10.3. The van der Waals surface area contributed by atoms with Crippen LogP contribution in [0.3, 0.4) is 0 Å². The second kappa shape index (κ2) is 5.87. The molecule has 0 heterocycles. The largest absolute Gasteiger partial charge is 0.507 e. The molecule has 3 N–H and O–H groups in total. The number of carbonyl (C=O) groups excluding carboxylic acids is 1. The quantitative estimate of drug-likeness (QED) is 0.773. The van der Waals surface area contributed by atoms with Crippen molar-refractivity contribution >= 4 is 22.5 Å². The average molecular weight is 284 g/mol. The molecule has 2 aromatic carbocycles. The fourth-order valence-corrected chi connectivity index (χ4v) is 1.93. The van der Waals surface area contributed by atoms with E-state index in [0.717, 1.165) is 5.39 Å². The van der Waals surface area contributed by atoms with Crippen molar-refractivity contribution in [1.29, 1.82) is 0 Å². The maximum absolute atomic E-state index is 11.9. The van der Waals surface area contributed by atoms with Crippen molar-refractivity contribution in [2.24, 2.45) is 5.41 Å². The van der Waals surface area contributed by atoms with E-state index >= 15 is 0 Å². The molecule has 110 valence electrons. The SMILES string of the molecule is CC(C)(C)/C=C/NC(=O)Nc1cccc2c(O)cccc12. The van der Waals surface area contributed by atoms with Crippen molar-refractivity contribution in [1.82, 2.24) is 5.32 Å². The Kier molecular flexibility index (Phi) is 4.17. The molecule has 0 aliphatic heterocycles. The minimum Gasteiger partial charge on any atom is -0.507 e. The van der Waals surface area contributed by atoms with E-state index in [0.29, 0.717) is 11.1 Å². The fraction of sp³-hybridized carbons (Fsp3) is 0.235. The Morgan fingerprint density at radius 3 is 2.48 bits per heavy atom. The van der Waals surface area contributed by atoms with Crippen LogP contribution < -0.4 is 10.6 Å². The van der Waals surface area contributed by atoms with Gasteiger partial charge in [-0.3, -0.25) is 0 Å². The van der Waals surface area contributed by atoms with Crippen molar-refractivity contribution in [2.75, 3.05) is 5.32 Å². The average Bonchev–Trinajstić information content (AvgIpc) is 2.38. The lowest BCUT2D eigenvalue weighted by Gasteiger charge is -2.12. The van der Waals surface area contributed by atoms with Gasteiger partial charge in [0.05, 0.1) is 5.69 Å². The summed E-state index contributed by atoms with van der Waals surface area (Å²) in [6.07, 6.45) is 3.56. The van der Waals surface area contributed by atoms with Crippen molar-refractivity contribution in [3.8, 4) is 5.75 Å². The minimum atomic E-state index is -0.314. The van der Waals surface area contributed by atoms with Gasteiger partial charge in [-0.25, -0.2) is 4.79 Å². The molecule has 21 heavy (non-hydrogen) atoms. The summed E-state index contributed by atoms with van der Waals surface area (Å²) in [7, 11) is 0. The second-order valence-electron chi connectivity index (χ2n) is 5.98. The van der Waals surface area contributed by atoms with Crippen LogP contribution in [0.25, 0.3) is 10.8 Å². The predicted octanol–water partition coefficient (Wildman–Crippen LogP) is 4.23. The number of phenols is 1. The fourth-order valence-electron chi connectivity index (χ4n) is 1.93. The Labute approximate surface area is 124 Å². The molecule has 2 rings (SSSR count). The highest BCUT2D eigenvalue weighted by Gasteiger charge is 2.07. The summed E-state index contributed by atoms with van der Waals surface area (Å²) in [5.74, 6) is 0.198. The van der Waals surface area contributed by atoms with Gasteiger partial charge in [-0.15, -0.1) is 0 Å². The summed E-state index contributed by atoms with van der Waals surface area (Å²) in [5.41, 5.74) is 0.670. The first-order chi connectivity index (χ1) is 9.87. The lowest BCUT2D eigenvalue weighted by atomic mass is 9.97.